The zero-order valence-electron chi connectivity index (χ0n) is 8.36. The summed E-state index contributed by atoms with van der Waals surface area (Å²) in [4.78, 5) is -0.230. The molecule has 0 saturated heterocycles. The summed E-state index contributed by atoms with van der Waals surface area (Å²) in [6.45, 7) is 2.90. The van der Waals surface area contributed by atoms with Crippen LogP contribution in [0.1, 0.15) is 11.1 Å². The molecule has 90 valence electrons. The average Bonchev–Trinajstić information content (AvgIpc) is 1.97. The molecule has 4 nitrogen and oxygen atoms in total. The average molecular weight is 303 g/mol. The van der Waals surface area contributed by atoms with Crippen molar-refractivity contribution in [2.75, 3.05) is 0 Å². The fourth-order valence-corrected chi connectivity index (χ4v) is 3.96. The van der Waals surface area contributed by atoms with E-state index in [4.69, 9.17) is 21.4 Å². The molecule has 0 atom stereocenters. The highest BCUT2D eigenvalue weighted by atomic mass is 35.7. The number of hydrogen-bond acceptors (Lipinski definition) is 4. The standard InChI is InChI=1S/C8H8Cl2O4S2/c1-5-3-7(15(9,11)12)4-6(2)8(5)16(10,13)14/h3-4H,1-2H3. The van der Waals surface area contributed by atoms with Gasteiger partial charge in [0.25, 0.3) is 18.1 Å². The van der Waals surface area contributed by atoms with Crippen molar-refractivity contribution in [2.24, 2.45) is 0 Å². The molecule has 0 bridgehead atoms. The Morgan fingerprint density at radius 3 is 1.50 bits per heavy atom. The van der Waals surface area contributed by atoms with Crippen LogP contribution in [0.3, 0.4) is 0 Å². The van der Waals surface area contributed by atoms with Gasteiger partial charge in [0.1, 0.15) is 0 Å². The molecule has 0 aromatic heterocycles. The second-order valence-electron chi connectivity index (χ2n) is 3.26. The fraction of sp³-hybridized carbons (Fsp3) is 0.250. The molecule has 0 heterocycles. The molecule has 0 spiro atoms. The summed E-state index contributed by atoms with van der Waals surface area (Å²) >= 11 is 0. The van der Waals surface area contributed by atoms with Crippen LogP contribution in [0.25, 0.3) is 0 Å². The highest BCUT2D eigenvalue weighted by Gasteiger charge is 2.20. The van der Waals surface area contributed by atoms with Gasteiger partial charge < -0.3 is 0 Å². The Hall–Kier alpha value is -0.300. The van der Waals surface area contributed by atoms with Crippen molar-refractivity contribution in [2.45, 2.75) is 23.6 Å². The van der Waals surface area contributed by atoms with E-state index in [-0.39, 0.29) is 20.9 Å². The number of rotatable bonds is 2. The molecule has 1 aromatic rings. The van der Waals surface area contributed by atoms with Crippen LogP contribution in [0.5, 0.6) is 0 Å². The lowest BCUT2D eigenvalue weighted by atomic mass is 10.2. The van der Waals surface area contributed by atoms with E-state index in [0.717, 1.165) is 0 Å². The Morgan fingerprint density at radius 2 is 1.25 bits per heavy atom. The fourth-order valence-electron chi connectivity index (χ4n) is 1.44. The molecule has 0 aliphatic carbocycles. The van der Waals surface area contributed by atoms with Crippen molar-refractivity contribution in [3.63, 3.8) is 0 Å². The first-order chi connectivity index (χ1) is 7.03. The van der Waals surface area contributed by atoms with E-state index < -0.39 is 18.1 Å². The molecule has 0 N–H and O–H groups in total. The molecule has 0 aliphatic rings. The van der Waals surface area contributed by atoms with Gasteiger partial charge in [-0.1, -0.05) is 0 Å². The second kappa shape index (κ2) is 4.18. The Kier molecular flexibility index (Phi) is 3.59. The summed E-state index contributed by atoms with van der Waals surface area (Å²) in [5, 5.41) is 0. The normalized spacial score (nSPS) is 12.8. The van der Waals surface area contributed by atoms with Gasteiger partial charge in [-0.3, -0.25) is 0 Å². The van der Waals surface area contributed by atoms with Gasteiger partial charge in [-0.25, -0.2) is 16.8 Å². The maximum atomic E-state index is 11.2. The van der Waals surface area contributed by atoms with Gasteiger partial charge in [-0.15, -0.1) is 0 Å². The molecule has 1 rings (SSSR count). The third-order valence-electron chi connectivity index (χ3n) is 1.96. The summed E-state index contributed by atoms with van der Waals surface area (Å²) in [7, 11) is 2.62. The van der Waals surface area contributed by atoms with Gasteiger partial charge in [0.2, 0.25) is 0 Å². The van der Waals surface area contributed by atoms with Crippen LogP contribution >= 0.6 is 21.4 Å². The Morgan fingerprint density at radius 1 is 0.875 bits per heavy atom. The van der Waals surface area contributed by atoms with Crippen molar-refractivity contribution < 1.29 is 16.8 Å². The Balaban J connectivity index is 3.66. The first kappa shape index (κ1) is 13.8. The first-order valence-electron chi connectivity index (χ1n) is 4.04. The summed E-state index contributed by atoms with van der Waals surface area (Å²) in [6, 6.07) is 2.34. The SMILES string of the molecule is Cc1cc(S(=O)(=O)Cl)cc(C)c1S(=O)(=O)Cl. The molecule has 0 fully saturated rings. The van der Waals surface area contributed by atoms with Gasteiger partial charge in [0.05, 0.1) is 9.79 Å². The van der Waals surface area contributed by atoms with Crippen LogP contribution in [0.4, 0.5) is 0 Å². The number of hydrogen-bond donors (Lipinski definition) is 0. The van der Waals surface area contributed by atoms with Gasteiger partial charge in [0, 0.05) is 21.4 Å². The van der Waals surface area contributed by atoms with Crippen molar-refractivity contribution in [1.82, 2.24) is 0 Å². The van der Waals surface area contributed by atoms with Crippen molar-refractivity contribution in [3.8, 4) is 0 Å². The van der Waals surface area contributed by atoms with E-state index in [1.807, 2.05) is 0 Å². The number of aryl methyl sites for hydroxylation is 2. The quantitative estimate of drug-likeness (QED) is 0.785. The Bertz CT molecular complexity index is 609. The van der Waals surface area contributed by atoms with Gasteiger partial charge >= 0.3 is 0 Å². The molecule has 0 unspecified atom stereocenters. The largest absolute Gasteiger partial charge is 0.261 e. The number of halogens is 2. The molecular formula is C8H8Cl2O4S2. The zero-order chi connectivity index (χ0) is 12.7. The second-order valence-corrected chi connectivity index (χ2v) is 8.33. The smallest absolute Gasteiger partial charge is 0.207 e. The molecule has 0 radical (unpaired) electrons. The molecular weight excluding hydrogens is 295 g/mol. The summed E-state index contributed by atoms with van der Waals surface area (Å²) in [5.74, 6) is 0. The lowest BCUT2D eigenvalue weighted by molar-refractivity contribution is 0.604. The third-order valence-corrected chi connectivity index (χ3v) is 4.89. The third kappa shape index (κ3) is 2.88. The van der Waals surface area contributed by atoms with E-state index in [1.165, 1.54) is 26.0 Å². The van der Waals surface area contributed by atoms with E-state index in [2.05, 4.69) is 0 Å². The van der Waals surface area contributed by atoms with E-state index >= 15 is 0 Å². The highest BCUT2D eigenvalue weighted by Crippen LogP contribution is 2.28. The molecule has 16 heavy (non-hydrogen) atoms. The van der Waals surface area contributed by atoms with Gasteiger partial charge in [-0.05, 0) is 37.1 Å². The van der Waals surface area contributed by atoms with Crippen molar-refractivity contribution in [1.29, 1.82) is 0 Å². The topological polar surface area (TPSA) is 68.3 Å². The maximum absolute atomic E-state index is 11.2. The lowest BCUT2D eigenvalue weighted by Gasteiger charge is -2.07. The summed E-state index contributed by atoms with van der Waals surface area (Å²) in [6.07, 6.45) is 0. The van der Waals surface area contributed by atoms with Crippen molar-refractivity contribution >= 4 is 39.5 Å². The summed E-state index contributed by atoms with van der Waals surface area (Å²) in [5.41, 5.74) is 0.489. The maximum Gasteiger partial charge on any atom is 0.261 e. The molecule has 0 aliphatic heterocycles. The predicted octanol–water partition coefficient (Wildman–Crippen LogP) is 2.16. The van der Waals surface area contributed by atoms with Gasteiger partial charge in [0.15, 0.2) is 0 Å². The van der Waals surface area contributed by atoms with Crippen LogP contribution in [0.15, 0.2) is 21.9 Å². The van der Waals surface area contributed by atoms with E-state index in [9.17, 15) is 16.8 Å². The van der Waals surface area contributed by atoms with Crippen molar-refractivity contribution in [3.05, 3.63) is 23.3 Å². The van der Waals surface area contributed by atoms with Crippen LogP contribution in [0, 0.1) is 13.8 Å². The van der Waals surface area contributed by atoms with E-state index in [1.54, 1.807) is 0 Å². The minimum atomic E-state index is -3.89. The molecule has 1 aromatic carbocycles. The van der Waals surface area contributed by atoms with E-state index in [0.29, 0.717) is 0 Å². The molecule has 0 amide bonds. The van der Waals surface area contributed by atoms with Crippen LogP contribution in [0.2, 0.25) is 0 Å². The molecule has 8 heteroatoms. The number of benzene rings is 1. The monoisotopic (exact) mass is 302 g/mol. The van der Waals surface area contributed by atoms with Crippen LogP contribution in [-0.2, 0) is 18.1 Å². The minimum absolute atomic E-state index is 0.0850. The van der Waals surface area contributed by atoms with Gasteiger partial charge in [-0.2, -0.15) is 0 Å². The highest BCUT2D eigenvalue weighted by molar-refractivity contribution is 8.14. The zero-order valence-corrected chi connectivity index (χ0v) is 11.5. The molecule has 0 saturated carbocycles. The minimum Gasteiger partial charge on any atom is -0.207 e. The van der Waals surface area contributed by atoms with Crippen LogP contribution in [-0.4, -0.2) is 16.8 Å². The Labute approximate surface area is 103 Å². The lowest BCUT2D eigenvalue weighted by Crippen LogP contribution is -2.01. The first-order valence-corrected chi connectivity index (χ1v) is 8.66. The summed E-state index contributed by atoms with van der Waals surface area (Å²) < 4.78 is 44.6. The van der Waals surface area contributed by atoms with Crippen LogP contribution < -0.4 is 0 Å². The predicted molar refractivity (Wildman–Crippen MR) is 62.0 cm³/mol.